The molecule has 2 heterocycles. The highest BCUT2D eigenvalue weighted by atomic mass is 16.3. The summed E-state index contributed by atoms with van der Waals surface area (Å²) in [7, 11) is 0. The lowest BCUT2D eigenvalue weighted by Crippen LogP contribution is -2.01. The highest BCUT2D eigenvalue weighted by Crippen LogP contribution is 2.42. The molecule has 0 spiro atoms. The highest BCUT2D eigenvalue weighted by Gasteiger charge is 2.24. The van der Waals surface area contributed by atoms with E-state index in [1.807, 2.05) is 47.2 Å². The molecule has 138 valence electrons. The molecule has 0 unspecified atom stereocenters. The Morgan fingerprint density at radius 1 is 1.07 bits per heavy atom. The Morgan fingerprint density at radius 3 is 2.61 bits per heavy atom. The van der Waals surface area contributed by atoms with Gasteiger partial charge < -0.3 is 15.4 Å². The molecule has 1 aliphatic carbocycles. The van der Waals surface area contributed by atoms with E-state index in [0.29, 0.717) is 28.2 Å². The SMILES string of the molecule is N#Cc1ccccc1-c1cccc2c(N)c3c(O)n(C4CCCC4)cc3nc12. The second-order valence-corrected chi connectivity index (χ2v) is 7.44. The zero-order chi connectivity index (χ0) is 19.3. The van der Waals surface area contributed by atoms with E-state index in [0.717, 1.165) is 34.9 Å². The monoisotopic (exact) mass is 368 g/mol. The van der Waals surface area contributed by atoms with E-state index >= 15 is 0 Å². The summed E-state index contributed by atoms with van der Waals surface area (Å²) < 4.78 is 1.93. The summed E-state index contributed by atoms with van der Waals surface area (Å²) >= 11 is 0. The predicted molar refractivity (Wildman–Crippen MR) is 111 cm³/mol. The number of aromatic nitrogens is 2. The number of benzene rings is 2. The maximum absolute atomic E-state index is 10.9. The fraction of sp³-hybridized carbons (Fsp3) is 0.217. The van der Waals surface area contributed by atoms with Crippen LogP contribution in [0, 0.1) is 11.3 Å². The van der Waals surface area contributed by atoms with Gasteiger partial charge in [0.15, 0.2) is 0 Å². The third-order valence-corrected chi connectivity index (χ3v) is 5.87. The second-order valence-electron chi connectivity index (χ2n) is 7.44. The number of nitrogen functional groups attached to an aromatic ring is 1. The molecular formula is C23H20N4O. The Labute approximate surface area is 162 Å². The lowest BCUT2D eigenvalue weighted by Gasteiger charge is -2.12. The first-order chi connectivity index (χ1) is 13.7. The van der Waals surface area contributed by atoms with Crippen LogP contribution in [0.3, 0.4) is 0 Å². The van der Waals surface area contributed by atoms with Gasteiger partial charge in [0, 0.05) is 28.8 Å². The lowest BCUT2D eigenvalue weighted by atomic mass is 9.97. The van der Waals surface area contributed by atoms with Gasteiger partial charge in [-0.1, -0.05) is 49.2 Å². The molecule has 1 fully saturated rings. The number of anilines is 1. The number of nitrogens with two attached hydrogens (primary N) is 1. The summed E-state index contributed by atoms with van der Waals surface area (Å²) in [5.74, 6) is 0.205. The molecule has 2 aromatic carbocycles. The Morgan fingerprint density at radius 2 is 1.82 bits per heavy atom. The minimum absolute atomic E-state index is 0.205. The van der Waals surface area contributed by atoms with Crippen LogP contribution in [0.15, 0.2) is 48.7 Å². The number of rotatable bonds is 2. The van der Waals surface area contributed by atoms with Gasteiger partial charge in [0.25, 0.3) is 0 Å². The van der Waals surface area contributed by atoms with Gasteiger partial charge in [0.05, 0.1) is 33.7 Å². The van der Waals surface area contributed by atoms with Crippen molar-refractivity contribution in [1.82, 2.24) is 9.55 Å². The molecule has 28 heavy (non-hydrogen) atoms. The summed E-state index contributed by atoms with van der Waals surface area (Å²) in [6.07, 6.45) is 6.41. The maximum atomic E-state index is 10.9. The standard InChI is InChI=1S/C23H20N4O/c24-12-14-6-1-4-9-16(14)17-10-5-11-18-21(25)20-19(26-22(17)18)13-27(23(20)28)15-7-2-3-8-15/h1,4-6,9-11,13,15,28H,2-3,7-8,25H2. The van der Waals surface area contributed by atoms with Gasteiger partial charge in [-0.05, 0) is 18.9 Å². The van der Waals surface area contributed by atoms with Gasteiger partial charge in [0.2, 0.25) is 5.88 Å². The molecule has 0 bridgehead atoms. The normalized spacial score (nSPS) is 14.7. The Balaban J connectivity index is 1.81. The van der Waals surface area contributed by atoms with Crippen molar-refractivity contribution in [2.24, 2.45) is 0 Å². The molecular weight excluding hydrogens is 348 g/mol. The first kappa shape index (κ1) is 16.6. The average Bonchev–Trinajstić information content (AvgIpc) is 3.36. The average molecular weight is 368 g/mol. The third-order valence-electron chi connectivity index (χ3n) is 5.87. The summed E-state index contributed by atoms with van der Waals surface area (Å²) in [5.41, 5.74) is 10.8. The Kier molecular flexibility index (Phi) is 3.73. The van der Waals surface area contributed by atoms with Crippen LogP contribution >= 0.6 is 0 Å². The van der Waals surface area contributed by atoms with E-state index in [2.05, 4.69) is 6.07 Å². The van der Waals surface area contributed by atoms with Gasteiger partial charge in [-0.25, -0.2) is 4.98 Å². The van der Waals surface area contributed by atoms with Crippen molar-refractivity contribution in [3.05, 3.63) is 54.2 Å². The minimum Gasteiger partial charge on any atom is -0.494 e. The van der Waals surface area contributed by atoms with Crippen molar-refractivity contribution < 1.29 is 5.11 Å². The largest absolute Gasteiger partial charge is 0.494 e. The molecule has 1 saturated carbocycles. The first-order valence-electron chi connectivity index (χ1n) is 9.60. The topological polar surface area (TPSA) is 87.9 Å². The molecule has 5 heteroatoms. The van der Waals surface area contributed by atoms with E-state index in [1.165, 1.54) is 12.8 Å². The predicted octanol–water partition coefficient (Wildman–Crippen LogP) is 5.13. The number of hydrogen-bond acceptors (Lipinski definition) is 4. The van der Waals surface area contributed by atoms with E-state index in [1.54, 1.807) is 6.07 Å². The fourth-order valence-electron chi connectivity index (χ4n) is 4.47. The first-order valence-corrected chi connectivity index (χ1v) is 9.60. The number of para-hydroxylation sites is 1. The zero-order valence-electron chi connectivity index (χ0n) is 15.4. The van der Waals surface area contributed by atoms with Crippen molar-refractivity contribution in [3.8, 4) is 23.1 Å². The third kappa shape index (κ3) is 2.35. The maximum Gasteiger partial charge on any atom is 0.203 e. The summed E-state index contributed by atoms with van der Waals surface area (Å²) in [5, 5.41) is 21.8. The van der Waals surface area contributed by atoms with Crippen molar-refractivity contribution in [2.75, 3.05) is 5.73 Å². The van der Waals surface area contributed by atoms with E-state index in [4.69, 9.17) is 10.7 Å². The van der Waals surface area contributed by atoms with Crippen molar-refractivity contribution >= 4 is 27.5 Å². The molecule has 1 aliphatic rings. The van der Waals surface area contributed by atoms with Crippen molar-refractivity contribution in [1.29, 1.82) is 5.26 Å². The second kappa shape index (κ2) is 6.28. The van der Waals surface area contributed by atoms with Crippen LogP contribution in [-0.4, -0.2) is 14.7 Å². The van der Waals surface area contributed by atoms with E-state index in [9.17, 15) is 10.4 Å². The van der Waals surface area contributed by atoms with E-state index in [-0.39, 0.29) is 5.88 Å². The van der Waals surface area contributed by atoms with Gasteiger partial charge in [-0.2, -0.15) is 5.26 Å². The molecule has 5 nitrogen and oxygen atoms in total. The molecule has 0 atom stereocenters. The molecule has 0 radical (unpaired) electrons. The number of nitrogens with zero attached hydrogens (tertiary/aromatic N) is 3. The number of aromatic hydroxyl groups is 1. The molecule has 3 N–H and O–H groups in total. The lowest BCUT2D eigenvalue weighted by molar-refractivity contribution is 0.387. The number of nitriles is 1. The van der Waals surface area contributed by atoms with Crippen LogP contribution < -0.4 is 5.73 Å². The molecule has 2 aromatic heterocycles. The van der Waals surface area contributed by atoms with Gasteiger partial charge >= 0.3 is 0 Å². The van der Waals surface area contributed by atoms with Crippen LogP contribution in [0.4, 0.5) is 5.69 Å². The minimum atomic E-state index is 0.205. The van der Waals surface area contributed by atoms with Gasteiger partial charge in [-0.3, -0.25) is 0 Å². The summed E-state index contributed by atoms with van der Waals surface area (Å²) in [4.78, 5) is 4.87. The smallest absolute Gasteiger partial charge is 0.203 e. The number of hydrogen-bond donors (Lipinski definition) is 2. The van der Waals surface area contributed by atoms with Crippen LogP contribution in [0.25, 0.3) is 32.9 Å². The van der Waals surface area contributed by atoms with Gasteiger partial charge in [0.1, 0.15) is 0 Å². The molecule has 0 amide bonds. The Hall–Kier alpha value is -3.52. The van der Waals surface area contributed by atoms with Crippen LogP contribution in [0.1, 0.15) is 37.3 Å². The molecule has 5 rings (SSSR count). The van der Waals surface area contributed by atoms with Crippen LogP contribution in [-0.2, 0) is 0 Å². The zero-order valence-corrected chi connectivity index (χ0v) is 15.4. The van der Waals surface area contributed by atoms with Crippen molar-refractivity contribution in [2.45, 2.75) is 31.7 Å². The molecule has 0 aliphatic heterocycles. The Bertz CT molecular complexity index is 1260. The fourth-order valence-corrected chi connectivity index (χ4v) is 4.47. The van der Waals surface area contributed by atoms with Crippen LogP contribution in [0.2, 0.25) is 0 Å². The van der Waals surface area contributed by atoms with Crippen molar-refractivity contribution in [3.63, 3.8) is 0 Å². The van der Waals surface area contributed by atoms with E-state index < -0.39 is 0 Å². The number of fused-ring (bicyclic) bond motifs is 2. The molecule has 4 aromatic rings. The van der Waals surface area contributed by atoms with Crippen LogP contribution in [0.5, 0.6) is 5.88 Å². The van der Waals surface area contributed by atoms with Gasteiger partial charge in [-0.15, -0.1) is 0 Å². The summed E-state index contributed by atoms with van der Waals surface area (Å²) in [6, 6.07) is 15.9. The number of pyridine rings is 1. The highest BCUT2D eigenvalue weighted by molar-refractivity contribution is 6.12. The molecule has 0 saturated heterocycles. The quantitative estimate of drug-likeness (QED) is 0.513. The summed E-state index contributed by atoms with van der Waals surface area (Å²) in [6.45, 7) is 0.